The molecule has 4 heteroatoms. The van der Waals surface area contributed by atoms with E-state index in [1.54, 1.807) is 0 Å². The number of benzene rings is 1. The summed E-state index contributed by atoms with van der Waals surface area (Å²) in [7, 11) is 0. The molecule has 1 unspecified atom stereocenters. The molecule has 2 rings (SSSR count). The van der Waals surface area contributed by atoms with Crippen LogP contribution in [0.5, 0.6) is 0 Å². The molecule has 2 N–H and O–H groups in total. The number of hydrogen-bond acceptors (Lipinski definition) is 3. The third-order valence-electron chi connectivity index (χ3n) is 3.86. The summed E-state index contributed by atoms with van der Waals surface area (Å²) in [6.07, 6.45) is 1.22. The fraction of sp³-hybridized carbons (Fsp3) is 0.571. The van der Waals surface area contributed by atoms with Crippen LogP contribution in [-0.4, -0.2) is 37.1 Å². The monoisotopic (exact) mass is 311 g/mol. The lowest BCUT2D eigenvalue weighted by molar-refractivity contribution is 0.193. The van der Waals surface area contributed by atoms with E-state index < -0.39 is 0 Å². The molecule has 0 bridgehead atoms. The summed E-state index contributed by atoms with van der Waals surface area (Å²) in [5.41, 5.74) is 8.10. The maximum Gasteiger partial charge on any atom is 0.0612 e. The molecule has 0 aromatic heterocycles. The van der Waals surface area contributed by atoms with Crippen LogP contribution in [0.15, 0.2) is 22.7 Å². The zero-order valence-electron chi connectivity index (χ0n) is 11.2. The van der Waals surface area contributed by atoms with Gasteiger partial charge in [-0.05, 0) is 31.5 Å². The van der Waals surface area contributed by atoms with Crippen molar-refractivity contribution in [3.63, 3.8) is 0 Å². The summed E-state index contributed by atoms with van der Waals surface area (Å²) < 4.78 is 1.09. The van der Waals surface area contributed by atoms with Crippen LogP contribution in [0, 0.1) is 0 Å². The number of rotatable bonds is 3. The van der Waals surface area contributed by atoms with E-state index in [4.69, 9.17) is 5.73 Å². The van der Waals surface area contributed by atoms with Crippen LogP contribution in [0.1, 0.15) is 20.3 Å². The average molecular weight is 312 g/mol. The summed E-state index contributed by atoms with van der Waals surface area (Å²) in [6, 6.07) is 6.77. The Hall–Kier alpha value is -0.740. The van der Waals surface area contributed by atoms with Gasteiger partial charge >= 0.3 is 0 Å². The fourth-order valence-corrected chi connectivity index (χ4v) is 2.80. The van der Waals surface area contributed by atoms with E-state index in [2.05, 4.69) is 45.6 Å². The molecule has 0 amide bonds. The SMILES string of the molecule is CCC(C)N1CCN(c2cc(Br)ccc2N)CC1. The zero-order chi connectivity index (χ0) is 13.1. The molecule has 1 saturated heterocycles. The first-order valence-corrected chi connectivity index (χ1v) is 7.45. The standard InChI is InChI=1S/C14H22BrN3/c1-3-11(2)17-6-8-18(9-7-17)14-10-12(15)4-5-13(14)16/h4-5,10-11H,3,6-9,16H2,1-2H3. The Labute approximate surface area is 118 Å². The van der Waals surface area contributed by atoms with Crippen LogP contribution < -0.4 is 10.6 Å². The maximum atomic E-state index is 6.06. The number of halogens is 1. The molecular formula is C14H22BrN3. The van der Waals surface area contributed by atoms with Crippen LogP contribution >= 0.6 is 15.9 Å². The molecule has 1 aliphatic rings. The highest BCUT2D eigenvalue weighted by Crippen LogP contribution is 2.28. The third kappa shape index (κ3) is 2.98. The summed E-state index contributed by atoms with van der Waals surface area (Å²) in [5, 5.41) is 0. The molecule has 0 aliphatic carbocycles. The Morgan fingerprint density at radius 1 is 1.28 bits per heavy atom. The maximum absolute atomic E-state index is 6.06. The lowest BCUT2D eigenvalue weighted by Gasteiger charge is -2.39. The molecule has 100 valence electrons. The molecule has 1 aliphatic heterocycles. The number of nitrogens with zero attached hydrogens (tertiary/aromatic N) is 2. The third-order valence-corrected chi connectivity index (χ3v) is 4.35. The number of nitrogen functional groups attached to an aromatic ring is 1. The molecule has 0 radical (unpaired) electrons. The summed E-state index contributed by atoms with van der Waals surface area (Å²) in [5.74, 6) is 0. The highest BCUT2D eigenvalue weighted by atomic mass is 79.9. The largest absolute Gasteiger partial charge is 0.397 e. The number of nitrogens with two attached hydrogens (primary N) is 1. The molecule has 1 aromatic rings. The van der Waals surface area contributed by atoms with Gasteiger partial charge in [-0.3, -0.25) is 4.90 Å². The topological polar surface area (TPSA) is 32.5 Å². The van der Waals surface area contributed by atoms with Gasteiger partial charge in [0.2, 0.25) is 0 Å². The average Bonchev–Trinajstić information content (AvgIpc) is 2.41. The minimum absolute atomic E-state index is 0.687. The molecule has 18 heavy (non-hydrogen) atoms. The van der Waals surface area contributed by atoms with Crippen molar-refractivity contribution >= 4 is 27.3 Å². The quantitative estimate of drug-likeness (QED) is 0.871. The number of piperazine rings is 1. The Balaban J connectivity index is 2.03. The molecule has 1 heterocycles. The Morgan fingerprint density at radius 2 is 1.94 bits per heavy atom. The smallest absolute Gasteiger partial charge is 0.0612 e. The Kier molecular flexibility index (Phi) is 4.51. The minimum atomic E-state index is 0.687. The van der Waals surface area contributed by atoms with Gasteiger partial charge in [-0.25, -0.2) is 0 Å². The summed E-state index contributed by atoms with van der Waals surface area (Å²) >= 11 is 3.52. The van der Waals surface area contributed by atoms with E-state index in [1.165, 1.54) is 6.42 Å². The molecule has 1 fully saturated rings. The van der Waals surface area contributed by atoms with Gasteiger partial charge in [0.15, 0.2) is 0 Å². The van der Waals surface area contributed by atoms with Crippen molar-refractivity contribution in [2.75, 3.05) is 36.8 Å². The molecule has 1 aromatic carbocycles. The van der Waals surface area contributed by atoms with Crippen molar-refractivity contribution in [3.8, 4) is 0 Å². The van der Waals surface area contributed by atoms with Crippen LogP contribution in [0.3, 0.4) is 0 Å². The predicted octanol–water partition coefficient (Wildman–Crippen LogP) is 2.95. The number of anilines is 2. The molecular weight excluding hydrogens is 290 g/mol. The number of hydrogen-bond donors (Lipinski definition) is 1. The Bertz CT molecular complexity index is 400. The second kappa shape index (κ2) is 5.93. The highest BCUT2D eigenvalue weighted by molar-refractivity contribution is 9.10. The van der Waals surface area contributed by atoms with Crippen LogP contribution in [-0.2, 0) is 0 Å². The highest BCUT2D eigenvalue weighted by Gasteiger charge is 2.21. The van der Waals surface area contributed by atoms with Gasteiger partial charge in [0.25, 0.3) is 0 Å². The van der Waals surface area contributed by atoms with Crippen LogP contribution in [0.4, 0.5) is 11.4 Å². The van der Waals surface area contributed by atoms with Gasteiger partial charge in [-0.15, -0.1) is 0 Å². The normalized spacial score (nSPS) is 18.9. The molecule has 0 saturated carbocycles. The first kappa shape index (κ1) is 13.7. The fourth-order valence-electron chi connectivity index (χ4n) is 2.45. The van der Waals surface area contributed by atoms with Crippen LogP contribution in [0.25, 0.3) is 0 Å². The van der Waals surface area contributed by atoms with E-state index in [0.717, 1.165) is 42.0 Å². The van der Waals surface area contributed by atoms with Gasteiger partial charge < -0.3 is 10.6 Å². The Morgan fingerprint density at radius 3 is 2.56 bits per heavy atom. The van der Waals surface area contributed by atoms with Gasteiger partial charge in [0, 0.05) is 36.7 Å². The van der Waals surface area contributed by atoms with Gasteiger partial charge in [0.05, 0.1) is 11.4 Å². The van der Waals surface area contributed by atoms with E-state index in [-0.39, 0.29) is 0 Å². The lowest BCUT2D eigenvalue weighted by atomic mass is 10.1. The van der Waals surface area contributed by atoms with Crippen molar-refractivity contribution in [1.82, 2.24) is 4.90 Å². The van der Waals surface area contributed by atoms with E-state index in [0.29, 0.717) is 6.04 Å². The summed E-state index contributed by atoms with van der Waals surface area (Å²) in [6.45, 7) is 8.93. The van der Waals surface area contributed by atoms with Crippen LogP contribution in [0.2, 0.25) is 0 Å². The van der Waals surface area contributed by atoms with Gasteiger partial charge in [-0.2, -0.15) is 0 Å². The van der Waals surface area contributed by atoms with E-state index in [1.807, 2.05) is 12.1 Å². The van der Waals surface area contributed by atoms with Crippen molar-refractivity contribution in [3.05, 3.63) is 22.7 Å². The predicted molar refractivity (Wildman–Crippen MR) is 82.1 cm³/mol. The first-order valence-electron chi connectivity index (χ1n) is 6.66. The molecule has 1 atom stereocenters. The van der Waals surface area contributed by atoms with Crippen molar-refractivity contribution in [1.29, 1.82) is 0 Å². The van der Waals surface area contributed by atoms with Crippen molar-refractivity contribution in [2.45, 2.75) is 26.3 Å². The lowest BCUT2D eigenvalue weighted by Crippen LogP contribution is -2.49. The van der Waals surface area contributed by atoms with Gasteiger partial charge in [0.1, 0.15) is 0 Å². The second-order valence-corrected chi connectivity index (χ2v) is 5.90. The van der Waals surface area contributed by atoms with Gasteiger partial charge in [-0.1, -0.05) is 22.9 Å². The van der Waals surface area contributed by atoms with E-state index >= 15 is 0 Å². The molecule has 0 spiro atoms. The minimum Gasteiger partial charge on any atom is -0.397 e. The zero-order valence-corrected chi connectivity index (χ0v) is 12.8. The molecule has 3 nitrogen and oxygen atoms in total. The van der Waals surface area contributed by atoms with E-state index in [9.17, 15) is 0 Å². The van der Waals surface area contributed by atoms with Crippen molar-refractivity contribution < 1.29 is 0 Å². The van der Waals surface area contributed by atoms with Crippen molar-refractivity contribution in [2.24, 2.45) is 0 Å². The first-order chi connectivity index (χ1) is 8.61. The second-order valence-electron chi connectivity index (χ2n) is 4.98. The summed E-state index contributed by atoms with van der Waals surface area (Å²) in [4.78, 5) is 4.95.